The van der Waals surface area contributed by atoms with Crippen molar-refractivity contribution in [2.24, 2.45) is 0 Å². The van der Waals surface area contributed by atoms with Gasteiger partial charge in [-0.25, -0.2) is 4.98 Å². The maximum atomic E-state index is 12.2. The smallest absolute Gasteiger partial charge is 0.267 e. The van der Waals surface area contributed by atoms with Gasteiger partial charge in [-0.1, -0.05) is 11.8 Å². The average Bonchev–Trinajstić information content (AvgIpc) is 2.89. The molecular formula is C12H17ClN4O2S. The number of amides is 1. The van der Waals surface area contributed by atoms with Crippen LogP contribution >= 0.6 is 24.2 Å². The standard InChI is InChI=1S/C12H16N4O2S.ClH/c17-10(15-8-2-1-3-13-6-8)9-7-14-12-16(11(9)18)4-5-19-12;/h7-8,13H,1-6H2,(H,15,17);1H. The fraction of sp³-hybridized carbons (Fsp3) is 0.583. The Hall–Kier alpha value is -1.05. The number of nitrogens with one attached hydrogen (secondary N) is 2. The van der Waals surface area contributed by atoms with Crippen molar-refractivity contribution in [3.05, 3.63) is 22.1 Å². The van der Waals surface area contributed by atoms with E-state index < -0.39 is 0 Å². The molecule has 0 saturated carbocycles. The predicted octanol–water partition coefficient (Wildman–Crippen LogP) is 0.253. The monoisotopic (exact) mass is 316 g/mol. The van der Waals surface area contributed by atoms with Crippen LogP contribution in [-0.4, -0.2) is 40.3 Å². The Labute approximate surface area is 127 Å². The van der Waals surface area contributed by atoms with E-state index in [9.17, 15) is 9.59 Å². The lowest BCUT2D eigenvalue weighted by Crippen LogP contribution is -2.47. The molecule has 0 bridgehead atoms. The third-order valence-corrected chi connectivity index (χ3v) is 4.40. The number of carbonyl (C=O) groups excluding carboxylic acids is 1. The van der Waals surface area contributed by atoms with Crippen molar-refractivity contribution in [3.63, 3.8) is 0 Å². The summed E-state index contributed by atoms with van der Waals surface area (Å²) in [6.45, 7) is 2.39. The molecule has 2 aliphatic heterocycles. The molecule has 2 aliphatic rings. The van der Waals surface area contributed by atoms with Crippen LogP contribution in [0, 0.1) is 0 Å². The second kappa shape index (κ2) is 6.60. The summed E-state index contributed by atoms with van der Waals surface area (Å²) in [7, 11) is 0. The van der Waals surface area contributed by atoms with Crippen LogP contribution in [-0.2, 0) is 6.54 Å². The van der Waals surface area contributed by atoms with E-state index in [0.717, 1.165) is 31.7 Å². The lowest BCUT2D eigenvalue weighted by Gasteiger charge is -2.23. The Kier molecular flexibility index (Phi) is 5.06. The molecule has 1 aromatic heterocycles. The molecule has 0 spiro atoms. The van der Waals surface area contributed by atoms with Crippen LogP contribution in [0.2, 0.25) is 0 Å². The van der Waals surface area contributed by atoms with Crippen LogP contribution in [0.1, 0.15) is 23.2 Å². The third-order valence-electron chi connectivity index (χ3n) is 3.43. The van der Waals surface area contributed by atoms with Gasteiger partial charge in [0, 0.05) is 31.1 Å². The van der Waals surface area contributed by atoms with Gasteiger partial charge in [-0.05, 0) is 19.4 Å². The molecule has 0 radical (unpaired) electrons. The summed E-state index contributed by atoms with van der Waals surface area (Å²) in [5.74, 6) is 0.540. The zero-order valence-electron chi connectivity index (χ0n) is 10.9. The predicted molar refractivity (Wildman–Crippen MR) is 79.8 cm³/mol. The summed E-state index contributed by atoms with van der Waals surface area (Å²) < 4.78 is 1.58. The quantitative estimate of drug-likeness (QED) is 0.765. The molecule has 1 amide bonds. The van der Waals surface area contributed by atoms with Crippen LogP contribution in [0.4, 0.5) is 0 Å². The van der Waals surface area contributed by atoms with Crippen molar-refractivity contribution >= 4 is 30.1 Å². The van der Waals surface area contributed by atoms with Gasteiger partial charge in [0.1, 0.15) is 5.56 Å². The normalized spacial score (nSPS) is 20.9. The molecule has 1 fully saturated rings. The fourth-order valence-corrected chi connectivity index (χ4v) is 3.33. The summed E-state index contributed by atoms with van der Waals surface area (Å²) in [5, 5.41) is 6.85. The highest BCUT2D eigenvalue weighted by atomic mass is 35.5. The van der Waals surface area contributed by atoms with Crippen LogP contribution in [0.3, 0.4) is 0 Å². The molecule has 8 heteroatoms. The van der Waals surface area contributed by atoms with Crippen molar-refractivity contribution in [1.82, 2.24) is 20.2 Å². The summed E-state index contributed by atoms with van der Waals surface area (Å²) >= 11 is 1.55. The molecule has 1 unspecified atom stereocenters. The first-order valence-corrected chi connectivity index (χ1v) is 7.48. The van der Waals surface area contributed by atoms with Crippen molar-refractivity contribution in [2.75, 3.05) is 18.8 Å². The molecule has 1 atom stereocenters. The van der Waals surface area contributed by atoms with Crippen molar-refractivity contribution in [1.29, 1.82) is 0 Å². The summed E-state index contributed by atoms with van der Waals surface area (Å²) in [6, 6.07) is 0.105. The van der Waals surface area contributed by atoms with Gasteiger partial charge in [0.15, 0.2) is 5.16 Å². The number of thioether (sulfide) groups is 1. The molecule has 0 aromatic carbocycles. The number of hydrogen-bond donors (Lipinski definition) is 2. The summed E-state index contributed by atoms with van der Waals surface area (Å²) in [6.07, 6.45) is 3.40. The number of nitrogens with zero attached hydrogens (tertiary/aromatic N) is 2. The number of rotatable bonds is 2. The highest BCUT2D eigenvalue weighted by Crippen LogP contribution is 2.20. The molecule has 6 nitrogen and oxygen atoms in total. The second-order valence-electron chi connectivity index (χ2n) is 4.78. The largest absolute Gasteiger partial charge is 0.348 e. The Morgan fingerprint density at radius 1 is 1.55 bits per heavy atom. The van der Waals surface area contributed by atoms with E-state index in [4.69, 9.17) is 0 Å². The minimum absolute atomic E-state index is 0. The van der Waals surface area contributed by atoms with Gasteiger partial charge in [-0.3, -0.25) is 14.2 Å². The number of hydrogen-bond acceptors (Lipinski definition) is 5. The zero-order valence-corrected chi connectivity index (χ0v) is 12.6. The van der Waals surface area contributed by atoms with E-state index in [0.29, 0.717) is 11.7 Å². The van der Waals surface area contributed by atoms with Gasteiger partial charge in [-0.2, -0.15) is 0 Å². The molecule has 2 N–H and O–H groups in total. The van der Waals surface area contributed by atoms with Crippen LogP contribution in [0.5, 0.6) is 0 Å². The first kappa shape index (κ1) is 15.3. The van der Waals surface area contributed by atoms with Gasteiger partial charge in [-0.15, -0.1) is 12.4 Å². The van der Waals surface area contributed by atoms with Gasteiger partial charge in [0.2, 0.25) is 0 Å². The molecular weight excluding hydrogens is 300 g/mol. The maximum absolute atomic E-state index is 12.2. The molecule has 110 valence electrons. The van der Waals surface area contributed by atoms with E-state index in [1.807, 2.05) is 0 Å². The van der Waals surface area contributed by atoms with Gasteiger partial charge < -0.3 is 10.6 Å². The first-order chi connectivity index (χ1) is 9.25. The topological polar surface area (TPSA) is 76.0 Å². The number of piperidine rings is 1. The van der Waals surface area contributed by atoms with E-state index in [1.165, 1.54) is 6.20 Å². The zero-order chi connectivity index (χ0) is 13.2. The van der Waals surface area contributed by atoms with Gasteiger partial charge in [0.25, 0.3) is 11.5 Å². The SMILES string of the molecule is Cl.O=C(NC1CCCNC1)c1cnc2n(c1=O)CCS2. The minimum atomic E-state index is -0.307. The Balaban J connectivity index is 0.00000147. The Bertz CT molecular complexity index is 557. The molecule has 3 rings (SSSR count). The summed E-state index contributed by atoms with van der Waals surface area (Å²) in [4.78, 5) is 28.5. The number of fused-ring (bicyclic) bond motifs is 1. The number of carbonyl (C=O) groups is 1. The van der Waals surface area contributed by atoms with Gasteiger partial charge >= 0.3 is 0 Å². The second-order valence-corrected chi connectivity index (χ2v) is 5.84. The average molecular weight is 317 g/mol. The van der Waals surface area contributed by atoms with E-state index in [-0.39, 0.29) is 35.5 Å². The molecule has 0 aliphatic carbocycles. The Morgan fingerprint density at radius 2 is 2.40 bits per heavy atom. The Morgan fingerprint density at radius 3 is 3.15 bits per heavy atom. The molecule has 3 heterocycles. The first-order valence-electron chi connectivity index (χ1n) is 6.50. The maximum Gasteiger partial charge on any atom is 0.267 e. The molecule has 1 aromatic rings. The minimum Gasteiger partial charge on any atom is -0.348 e. The number of halogens is 1. The van der Waals surface area contributed by atoms with E-state index in [2.05, 4.69) is 15.6 Å². The molecule has 20 heavy (non-hydrogen) atoms. The molecule has 1 saturated heterocycles. The third kappa shape index (κ3) is 2.99. The van der Waals surface area contributed by atoms with E-state index >= 15 is 0 Å². The number of aromatic nitrogens is 2. The van der Waals surface area contributed by atoms with Gasteiger partial charge in [0.05, 0.1) is 0 Å². The van der Waals surface area contributed by atoms with Crippen molar-refractivity contribution in [2.45, 2.75) is 30.6 Å². The fourth-order valence-electron chi connectivity index (χ4n) is 2.41. The summed E-state index contributed by atoms with van der Waals surface area (Å²) in [5.41, 5.74) is -0.0758. The van der Waals surface area contributed by atoms with Crippen LogP contribution in [0.25, 0.3) is 0 Å². The highest BCUT2D eigenvalue weighted by molar-refractivity contribution is 7.99. The van der Waals surface area contributed by atoms with Crippen molar-refractivity contribution < 1.29 is 4.79 Å². The van der Waals surface area contributed by atoms with Crippen LogP contribution < -0.4 is 16.2 Å². The van der Waals surface area contributed by atoms with Crippen LogP contribution in [0.15, 0.2) is 16.1 Å². The van der Waals surface area contributed by atoms with E-state index in [1.54, 1.807) is 16.3 Å². The highest BCUT2D eigenvalue weighted by Gasteiger charge is 2.22. The van der Waals surface area contributed by atoms with Crippen molar-refractivity contribution in [3.8, 4) is 0 Å². The lowest BCUT2D eigenvalue weighted by atomic mass is 10.1. The lowest BCUT2D eigenvalue weighted by molar-refractivity contribution is 0.0927.